The van der Waals surface area contributed by atoms with Crippen molar-refractivity contribution in [3.63, 3.8) is 0 Å². The van der Waals surface area contributed by atoms with Crippen LogP contribution in [0.1, 0.15) is 13.3 Å². The first-order valence-electron chi connectivity index (χ1n) is 5.62. The Kier molecular flexibility index (Phi) is 5.67. The molecule has 0 N–H and O–H groups in total. The first-order chi connectivity index (χ1) is 7.71. The highest BCUT2D eigenvalue weighted by atomic mass is 79.9. The molecule has 0 aromatic heterocycles. The fraction of sp³-hybridized carbons (Fsp3) is 0.538. The zero-order valence-electron chi connectivity index (χ0n) is 10.2. The van der Waals surface area contributed by atoms with E-state index in [4.69, 9.17) is 4.74 Å². The van der Waals surface area contributed by atoms with Crippen LogP contribution in [0.3, 0.4) is 0 Å². The number of hydrogen-bond acceptors (Lipinski definition) is 2. The molecule has 0 saturated heterocycles. The number of anilines is 1. The smallest absolute Gasteiger partial charge is 0.119 e. The summed E-state index contributed by atoms with van der Waals surface area (Å²) in [7, 11) is 3.82. The molecule has 0 aliphatic carbocycles. The standard InChI is InChI=1S/C13H20BrNO/c1-4-11(9-14)10-15(2)12-5-7-13(16-3)8-6-12/h5-8,11H,4,9-10H2,1-3H3. The average Bonchev–Trinajstić information content (AvgIpc) is 2.35. The van der Waals surface area contributed by atoms with Crippen molar-refractivity contribution in [2.75, 3.05) is 30.9 Å². The molecular formula is C13H20BrNO. The number of hydrogen-bond donors (Lipinski definition) is 0. The Bertz CT molecular complexity index is 295. The molecule has 0 heterocycles. The summed E-state index contributed by atoms with van der Waals surface area (Å²) in [5.41, 5.74) is 1.24. The van der Waals surface area contributed by atoms with Gasteiger partial charge in [0.2, 0.25) is 0 Å². The molecule has 0 aliphatic heterocycles. The molecule has 0 radical (unpaired) electrons. The van der Waals surface area contributed by atoms with Gasteiger partial charge in [-0.25, -0.2) is 0 Å². The first-order valence-corrected chi connectivity index (χ1v) is 6.74. The van der Waals surface area contributed by atoms with Gasteiger partial charge in [-0.15, -0.1) is 0 Å². The number of rotatable bonds is 6. The van der Waals surface area contributed by atoms with Crippen molar-refractivity contribution in [2.24, 2.45) is 5.92 Å². The minimum Gasteiger partial charge on any atom is -0.497 e. The maximum atomic E-state index is 5.15. The largest absolute Gasteiger partial charge is 0.497 e. The van der Waals surface area contributed by atoms with Crippen LogP contribution in [0.15, 0.2) is 24.3 Å². The van der Waals surface area contributed by atoms with Gasteiger partial charge in [-0.3, -0.25) is 0 Å². The fourth-order valence-corrected chi connectivity index (χ4v) is 2.28. The molecule has 16 heavy (non-hydrogen) atoms. The van der Waals surface area contributed by atoms with Crippen LogP contribution >= 0.6 is 15.9 Å². The lowest BCUT2D eigenvalue weighted by Gasteiger charge is -2.24. The van der Waals surface area contributed by atoms with E-state index < -0.39 is 0 Å². The quantitative estimate of drug-likeness (QED) is 0.741. The van der Waals surface area contributed by atoms with E-state index in [1.807, 2.05) is 12.1 Å². The third-order valence-corrected chi connectivity index (χ3v) is 3.76. The molecule has 3 heteroatoms. The van der Waals surface area contributed by atoms with E-state index in [2.05, 4.69) is 46.9 Å². The molecule has 1 atom stereocenters. The third kappa shape index (κ3) is 3.71. The highest BCUT2D eigenvalue weighted by Gasteiger charge is 2.08. The second kappa shape index (κ2) is 6.79. The molecule has 90 valence electrons. The van der Waals surface area contributed by atoms with E-state index in [1.54, 1.807) is 7.11 Å². The summed E-state index contributed by atoms with van der Waals surface area (Å²) >= 11 is 3.55. The summed E-state index contributed by atoms with van der Waals surface area (Å²) in [5, 5.41) is 1.06. The van der Waals surface area contributed by atoms with Gasteiger partial charge in [0.15, 0.2) is 0 Å². The Balaban J connectivity index is 2.61. The summed E-state index contributed by atoms with van der Waals surface area (Å²) in [5.74, 6) is 1.61. The lowest BCUT2D eigenvalue weighted by Crippen LogP contribution is -2.25. The van der Waals surface area contributed by atoms with Crippen LogP contribution in [0.25, 0.3) is 0 Å². The number of benzene rings is 1. The van der Waals surface area contributed by atoms with Crippen molar-refractivity contribution in [3.05, 3.63) is 24.3 Å². The Morgan fingerprint density at radius 1 is 1.31 bits per heavy atom. The van der Waals surface area contributed by atoms with Crippen molar-refractivity contribution in [1.29, 1.82) is 0 Å². The zero-order chi connectivity index (χ0) is 12.0. The highest BCUT2D eigenvalue weighted by molar-refractivity contribution is 9.09. The van der Waals surface area contributed by atoms with E-state index in [9.17, 15) is 0 Å². The van der Waals surface area contributed by atoms with Crippen LogP contribution in [0.4, 0.5) is 5.69 Å². The second-order valence-electron chi connectivity index (χ2n) is 4.01. The van der Waals surface area contributed by atoms with Crippen molar-refractivity contribution >= 4 is 21.6 Å². The summed E-state index contributed by atoms with van der Waals surface area (Å²) in [6.45, 7) is 3.31. The molecule has 0 spiro atoms. The SMILES string of the molecule is CCC(CBr)CN(C)c1ccc(OC)cc1. The Hall–Kier alpha value is -0.700. The molecule has 1 aromatic carbocycles. The van der Waals surface area contributed by atoms with Gasteiger partial charge in [0.1, 0.15) is 5.75 Å². The Morgan fingerprint density at radius 3 is 2.38 bits per heavy atom. The molecule has 1 rings (SSSR count). The van der Waals surface area contributed by atoms with Crippen LogP contribution in [-0.4, -0.2) is 26.0 Å². The van der Waals surface area contributed by atoms with E-state index in [0.717, 1.165) is 17.6 Å². The summed E-state index contributed by atoms with van der Waals surface area (Å²) in [6, 6.07) is 8.20. The van der Waals surface area contributed by atoms with Gasteiger partial charge < -0.3 is 9.64 Å². The van der Waals surface area contributed by atoms with Crippen LogP contribution in [-0.2, 0) is 0 Å². The van der Waals surface area contributed by atoms with E-state index >= 15 is 0 Å². The number of alkyl halides is 1. The molecule has 0 bridgehead atoms. The summed E-state index contributed by atoms with van der Waals surface area (Å²) in [4.78, 5) is 2.29. The Labute approximate surface area is 107 Å². The predicted molar refractivity (Wildman–Crippen MR) is 73.8 cm³/mol. The van der Waals surface area contributed by atoms with Gasteiger partial charge in [-0.1, -0.05) is 29.3 Å². The lowest BCUT2D eigenvalue weighted by atomic mass is 10.1. The van der Waals surface area contributed by atoms with Crippen LogP contribution in [0.5, 0.6) is 5.75 Å². The van der Waals surface area contributed by atoms with Gasteiger partial charge in [0, 0.05) is 24.6 Å². The normalized spacial score (nSPS) is 12.2. The van der Waals surface area contributed by atoms with Gasteiger partial charge in [0.25, 0.3) is 0 Å². The van der Waals surface area contributed by atoms with Crippen LogP contribution in [0.2, 0.25) is 0 Å². The number of methoxy groups -OCH3 is 1. The molecule has 0 amide bonds. The maximum Gasteiger partial charge on any atom is 0.119 e. The molecule has 1 aromatic rings. The van der Waals surface area contributed by atoms with Crippen LogP contribution < -0.4 is 9.64 Å². The molecule has 1 unspecified atom stereocenters. The highest BCUT2D eigenvalue weighted by Crippen LogP contribution is 2.20. The minimum absolute atomic E-state index is 0.701. The molecule has 2 nitrogen and oxygen atoms in total. The average molecular weight is 286 g/mol. The first kappa shape index (κ1) is 13.4. The maximum absolute atomic E-state index is 5.15. The van der Waals surface area contributed by atoms with Gasteiger partial charge in [-0.05, 0) is 30.2 Å². The Morgan fingerprint density at radius 2 is 1.94 bits per heavy atom. The number of nitrogens with zero attached hydrogens (tertiary/aromatic N) is 1. The molecule has 0 saturated carbocycles. The third-order valence-electron chi connectivity index (χ3n) is 2.84. The van der Waals surface area contributed by atoms with Crippen molar-refractivity contribution < 1.29 is 4.74 Å². The molecule has 0 fully saturated rings. The van der Waals surface area contributed by atoms with Crippen molar-refractivity contribution in [3.8, 4) is 5.75 Å². The second-order valence-corrected chi connectivity index (χ2v) is 4.65. The van der Waals surface area contributed by atoms with Crippen molar-refractivity contribution in [2.45, 2.75) is 13.3 Å². The van der Waals surface area contributed by atoms with Crippen LogP contribution in [0, 0.1) is 5.92 Å². The zero-order valence-corrected chi connectivity index (χ0v) is 11.8. The summed E-state index contributed by atoms with van der Waals surface area (Å²) in [6.07, 6.45) is 1.20. The monoisotopic (exact) mass is 285 g/mol. The van der Waals surface area contributed by atoms with Crippen molar-refractivity contribution in [1.82, 2.24) is 0 Å². The molecular weight excluding hydrogens is 266 g/mol. The summed E-state index contributed by atoms with van der Waals surface area (Å²) < 4.78 is 5.15. The lowest BCUT2D eigenvalue weighted by molar-refractivity contribution is 0.415. The predicted octanol–water partition coefficient (Wildman–Crippen LogP) is 3.55. The van der Waals surface area contributed by atoms with Gasteiger partial charge in [-0.2, -0.15) is 0 Å². The van der Waals surface area contributed by atoms with Gasteiger partial charge in [0.05, 0.1) is 7.11 Å². The molecule has 0 aliphatic rings. The fourth-order valence-electron chi connectivity index (χ4n) is 1.62. The minimum atomic E-state index is 0.701. The number of ether oxygens (including phenoxy) is 1. The topological polar surface area (TPSA) is 12.5 Å². The van der Waals surface area contributed by atoms with Gasteiger partial charge >= 0.3 is 0 Å². The van der Waals surface area contributed by atoms with E-state index in [-0.39, 0.29) is 0 Å². The van der Waals surface area contributed by atoms with E-state index in [1.165, 1.54) is 12.1 Å². The van der Waals surface area contributed by atoms with E-state index in [0.29, 0.717) is 5.92 Å². The number of halogens is 1.